The molecule has 2 amide bonds. The minimum absolute atomic E-state index is 0.0285. The van der Waals surface area contributed by atoms with Gasteiger partial charge in [0, 0.05) is 52.4 Å². The fraction of sp³-hybridized carbons (Fsp3) is 0.341. The van der Waals surface area contributed by atoms with Gasteiger partial charge in [0.2, 0.25) is 6.41 Å². The maximum Gasteiger partial charge on any atom is 0.410 e. The number of amides is 2. The van der Waals surface area contributed by atoms with Crippen LogP contribution in [0.1, 0.15) is 55.0 Å². The standard InChI is InChI=1S/C40H46N4O3.CH4O/c1-40(2,3)47-39(46)43(25-24-42(32-45)29-33-14-7-4-8-15-33)23-22-38(27-36-20-13-21-37(26-36)28-41)44(30-34-16-9-5-10-17-34)31-35-18-11-6-12-19-35;1-2/h4-21,26,32,38H,22-25,27,29-31H2,1-3H3;2H,1H3/t38-;/m1./s1. The Labute approximate surface area is 292 Å². The molecule has 0 fully saturated rings. The first-order valence-electron chi connectivity index (χ1n) is 16.7. The summed E-state index contributed by atoms with van der Waals surface area (Å²) >= 11 is 0. The molecule has 0 unspecified atom stereocenters. The van der Waals surface area contributed by atoms with E-state index in [2.05, 4.69) is 65.6 Å². The number of carbonyl (C=O) groups is 2. The second-order valence-electron chi connectivity index (χ2n) is 12.9. The number of rotatable bonds is 16. The Morgan fingerprint density at radius 3 is 1.76 bits per heavy atom. The van der Waals surface area contributed by atoms with E-state index in [1.165, 1.54) is 11.1 Å². The normalized spacial score (nSPS) is 11.4. The van der Waals surface area contributed by atoms with Crippen molar-refractivity contribution in [3.05, 3.63) is 143 Å². The Kier molecular flexibility index (Phi) is 16.0. The van der Waals surface area contributed by atoms with Crippen LogP contribution in [0.3, 0.4) is 0 Å². The van der Waals surface area contributed by atoms with E-state index in [0.29, 0.717) is 44.6 Å². The number of carbonyl (C=O) groups excluding carboxylic acids is 2. The summed E-state index contributed by atoms with van der Waals surface area (Å²) in [7, 11) is 1.00. The third kappa shape index (κ3) is 14.0. The zero-order valence-corrected chi connectivity index (χ0v) is 29.2. The molecule has 49 heavy (non-hydrogen) atoms. The minimum Gasteiger partial charge on any atom is -0.444 e. The SMILES string of the molecule is CC(C)(C)OC(=O)N(CC[C@H](Cc1cccc(C#N)c1)N(Cc1ccccc1)Cc1ccccc1)CCN(C=O)Cc1ccccc1.CO. The first kappa shape index (κ1) is 38.5. The van der Waals surface area contributed by atoms with E-state index in [4.69, 9.17) is 9.84 Å². The highest BCUT2D eigenvalue weighted by Crippen LogP contribution is 2.21. The predicted octanol–water partition coefficient (Wildman–Crippen LogP) is 7.07. The number of aliphatic hydroxyl groups is 1. The summed E-state index contributed by atoms with van der Waals surface area (Å²) in [5.41, 5.74) is 4.46. The zero-order valence-electron chi connectivity index (χ0n) is 29.2. The fourth-order valence-corrected chi connectivity index (χ4v) is 5.57. The van der Waals surface area contributed by atoms with Gasteiger partial charge in [0.05, 0.1) is 11.6 Å². The molecule has 0 saturated carbocycles. The molecule has 4 aromatic rings. The lowest BCUT2D eigenvalue weighted by Crippen LogP contribution is -2.44. The summed E-state index contributed by atoms with van der Waals surface area (Å²) in [5, 5.41) is 16.6. The highest BCUT2D eigenvalue weighted by molar-refractivity contribution is 5.68. The summed E-state index contributed by atoms with van der Waals surface area (Å²) in [6, 6.07) is 40.7. The molecule has 8 heteroatoms. The largest absolute Gasteiger partial charge is 0.444 e. The van der Waals surface area contributed by atoms with Crippen LogP contribution in [-0.4, -0.2) is 70.7 Å². The maximum absolute atomic E-state index is 13.6. The van der Waals surface area contributed by atoms with E-state index in [1.54, 1.807) is 9.80 Å². The molecule has 258 valence electrons. The van der Waals surface area contributed by atoms with Gasteiger partial charge in [-0.2, -0.15) is 5.26 Å². The van der Waals surface area contributed by atoms with Crippen LogP contribution in [-0.2, 0) is 35.6 Å². The van der Waals surface area contributed by atoms with E-state index in [0.717, 1.165) is 37.7 Å². The van der Waals surface area contributed by atoms with Crippen molar-refractivity contribution >= 4 is 12.5 Å². The Hall–Kier alpha value is -4.97. The molecule has 0 heterocycles. The van der Waals surface area contributed by atoms with Crippen molar-refractivity contribution in [1.29, 1.82) is 5.26 Å². The highest BCUT2D eigenvalue weighted by atomic mass is 16.6. The Morgan fingerprint density at radius 2 is 1.27 bits per heavy atom. The Bertz CT molecular complexity index is 1530. The summed E-state index contributed by atoms with van der Waals surface area (Å²) < 4.78 is 5.85. The molecule has 0 saturated heterocycles. The van der Waals surface area contributed by atoms with Gasteiger partial charge in [-0.1, -0.05) is 103 Å². The Morgan fingerprint density at radius 1 is 0.755 bits per heavy atom. The van der Waals surface area contributed by atoms with Gasteiger partial charge in [-0.05, 0) is 68.0 Å². The maximum atomic E-state index is 13.6. The molecule has 0 aliphatic heterocycles. The Balaban J connectivity index is 0.00000319. The summed E-state index contributed by atoms with van der Waals surface area (Å²) in [4.78, 5) is 31.5. The van der Waals surface area contributed by atoms with Crippen molar-refractivity contribution in [2.24, 2.45) is 0 Å². The molecule has 8 nitrogen and oxygen atoms in total. The summed E-state index contributed by atoms with van der Waals surface area (Å²) in [6.45, 7) is 8.66. The van der Waals surface area contributed by atoms with Gasteiger partial charge in [-0.25, -0.2) is 4.79 Å². The molecular formula is C41H50N4O4. The number of hydrogen-bond acceptors (Lipinski definition) is 6. The van der Waals surface area contributed by atoms with Crippen molar-refractivity contribution in [2.75, 3.05) is 26.7 Å². The lowest BCUT2D eigenvalue weighted by atomic mass is 9.98. The second-order valence-corrected chi connectivity index (χ2v) is 12.9. The topological polar surface area (TPSA) is 97.1 Å². The first-order valence-corrected chi connectivity index (χ1v) is 16.7. The first-order chi connectivity index (χ1) is 23.7. The van der Waals surface area contributed by atoms with Gasteiger partial charge in [-0.15, -0.1) is 0 Å². The lowest BCUT2D eigenvalue weighted by molar-refractivity contribution is -0.118. The molecule has 0 spiro atoms. The zero-order chi connectivity index (χ0) is 35.5. The number of ether oxygens (including phenoxy) is 1. The van der Waals surface area contributed by atoms with Crippen LogP contribution in [0.25, 0.3) is 0 Å². The van der Waals surface area contributed by atoms with Crippen molar-refractivity contribution in [3.8, 4) is 6.07 Å². The van der Waals surface area contributed by atoms with E-state index < -0.39 is 11.7 Å². The summed E-state index contributed by atoms with van der Waals surface area (Å²) in [6.07, 6.45) is 1.81. The predicted molar refractivity (Wildman–Crippen MR) is 194 cm³/mol. The van der Waals surface area contributed by atoms with Crippen LogP contribution < -0.4 is 0 Å². The monoisotopic (exact) mass is 662 g/mol. The minimum atomic E-state index is -0.659. The summed E-state index contributed by atoms with van der Waals surface area (Å²) in [5.74, 6) is 0. The molecule has 0 aliphatic rings. The van der Waals surface area contributed by atoms with Crippen molar-refractivity contribution in [2.45, 2.75) is 64.9 Å². The lowest BCUT2D eigenvalue weighted by Gasteiger charge is -2.35. The van der Waals surface area contributed by atoms with E-state index in [-0.39, 0.29) is 6.04 Å². The molecule has 1 atom stereocenters. The van der Waals surface area contributed by atoms with E-state index in [9.17, 15) is 14.9 Å². The third-order valence-electron chi connectivity index (χ3n) is 7.92. The average molecular weight is 663 g/mol. The fourth-order valence-electron chi connectivity index (χ4n) is 5.57. The number of nitrogens with zero attached hydrogens (tertiary/aromatic N) is 4. The van der Waals surface area contributed by atoms with Gasteiger partial charge >= 0.3 is 6.09 Å². The van der Waals surface area contributed by atoms with Crippen LogP contribution in [0.15, 0.2) is 115 Å². The van der Waals surface area contributed by atoms with Gasteiger partial charge in [-0.3, -0.25) is 9.69 Å². The molecule has 0 aliphatic carbocycles. The van der Waals surface area contributed by atoms with Crippen LogP contribution >= 0.6 is 0 Å². The van der Waals surface area contributed by atoms with Crippen LogP contribution in [0.5, 0.6) is 0 Å². The number of nitriles is 1. The van der Waals surface area contributed by atoms with E-state index >= 15 is 0 Å². The molecule has 1 N–H and O–H groups in total. The number of benzene rings is 4. The average Bonchev–Trinajstić information content (AvgIpc) is 3.11. The third-order valence-corrected chi connectivity index (χ3v) is 7.92. The number of hydrogen-bond donors (Lipinski definition) is 1. The van der Waals surface area contributed by atoms with Crippen LogP contribution in [0.4, 0.5) is 4.79 Å². The number of aliphatic hydroxyl groups excluding tert-OH is 1. The van der Waals surface area contributed by atoms with Gasteiger partial charge in [0.25, 0.3) is 0 Å². The van der Waals surface area contributed by atoms with Crippen molar-refractivity contribution in [1.82, 2.24) is 14.7 Å². The highest BCUT2D eigenvalue weighted by Gasteiger charge is 2.26. The van der Waals surface area contributed by atoms with Gasteiger partial charge < -0.3 is 19.6 Å². The van der Waals surface area contributed by atoms with Gasteiger partial charge in [0.15, 0.2) is 0 Å². The second kappa shape index (κ2) is 20.4. The van der Waals surface area contributed by atoms with Crippen molar-refractivity contribution in [3.63, 3.8) is 0 Å². The molecular weight excluding hydrogens is 612 g/mol. The molecule has 0 bridgehead atoms. The molecule has 4 rings (SSSR count). The van der Waals surface area contributed by atoms with Crippen LogP contribution in [0.2, 0.25) is 0 Å². The molecule has 0 aromatic heterocycles. The van der Waals surface area contributed by atoms with Gasteiger partial charge in [0.1, 0.15) is 5.60 Å². The smallest absolute Gasteiger partial charge is 0.410 e. The van der Waals surface area contributed by atoms with Crippen LogP contribution in [0, 0.1) is 11.3 Å². The van der Waals surface area contributed by atoms with Crippen molar-refractivity contribution < 1.29 is 19.4 Å². The molecule has 4 aromatic carbocycles. The molecule has 0 radical (unpaired) electrons. The quantitative estimate of drug-likeness (QED) is 0.129. The van der Waals surface area contributed by atoms with E-state index in [1.807, 2.05) is 81.4 Å².